The van der Waals surface area contributed by atoms with E-state index in [2.05, 4.69) is 11.9 Å². The Morgan fingerprint density at radius 1 is 1.52 bits per heavy atom. The maximum Gasteiger partial charge on any atom is 0.324 e. The van der Waals surface area contributed by atoms with Gasteiger partial charge in [0.1, 0.15) is 11.3 Å². The fraction of sp³-hybridized carbons (Fsp3) is 0.438. The molecular weight excluding hydrogens is 270 g/mol. The van der Waals surface area contributed by atoms with Crippen molar-refractivity contribution in [3.8, 4) is 5.75 Å². The lowest BCUT2D eigenvalue weighted by Crippen LogP contribution is -2.47. The predicted octanol–water partition coefficient (Wildman–Crippen LogP) is 1.97. The Morgan fingerprint density at radius 2 is 2.24 bits per heavy atom. The summed E-state index contributed by atoms with van der Waals surface area (Å²) < 4.78 is 10.9. The molecule has 0 saturated carbocycles. The van der Waals surface area contributed by atoms with Crippen molar-refractivity contribution in [1.82, 2.24) is 5.32 Å². The molecule has 1 fully saturated rings. The van der Waals surface area contributed by atoms with Gasteiger partial charge in [0, 0.05) is 13.0 Å². The van der Waals surface area contributed by atoms with Gasteiger partial charge in [-0.05, 0) is 24.1 Å². The third-order valence-corrected chi connectivity index (χ3v) is 3.79. The van der Waals surface area contributed by atoms with E-state index in [0.717, 1.165) is 11.3 Å². The number of nitrogens with one attached hydrogen (secondary N) is 1. The van der Waals surface area contributed by atoms with Gasteiger partial charge in [-0.2, -0.15) is 0 Å². The quantitative estimate of drug-likeness (QED) is 0.752. The van der Waals surface area contributed by atoms with Gasteiger partial charge in [0.15, 0.2) is 0 Å². The molecule has 5 heteroatoms. The zero-order chi connectivity index (χ0) is 15.3. The molecule has 2 atom stereocenters. The number of methoxy groups -OCH3 is 1. The number of carboxylic acid groups (broad SMARTS) is 1. The highest BCUT2D eigenvalue weighted by Crippen LogP contribution is 2.26. The molecule has 1 aliphatic heterocycles. The number of hydrogen-bond donors (Lipinski definition) is 2. The zero-order valence-electron chi connectivity index (χ0n) is 12.2. The van der Waals surface area contributed by atoms with E-state index in [0.29, 0.717) is 26.0 Å². The molecule has 1 saturated heterocycles. The molecule has 0 spiro atoms. The smallest absolute Gasteiger partial charge is 0.324 e. The second-order valence-corrected chi connectivity index (χ2v) is 5.25. The molecule has 1 heterocycles. The van der Waals surface area contributed by atoms with E-state index < -0.39 is 11.5 Å². The molecule has 1 aromatic rings. The van der Waals surface area contributed by atoms with Crippen LogP contribution in [0.15, 0.2) is 36.9 Å². The standard InChI is InChI=1S/C16H21NO4/c1-3-8-16(15(18)19)9-14(10-17-16)21-11-12-4-6-13(20-2)7-5-12/h3-7,14,17H,1,8-11H2,2H3,(H,18,19)/t14-,16-/m1/s1. The first-order chi connectivity index (χ1) is 10.1. The van der Waals surface area contributed by atoms with Crippen molar-refractivity contribution >= 4 is 5.97 Å². The lowest BCUT2D eigenvalue weighted by Gasteiger charge is -2.22. The summed E-state index contributed by atoms with van der Waals surface area (Å²) in [6.07, 6.45) is 2.37. The number of carbonyl (C=O) groups is 1. The fourth-order valence-electron chi connectivity index (χ4n) is 2.55. The van der Waals surface area contributed by atoms with Crippen LogP contribution < -0.4 is 10.1 Å². The van der Waals surface area contributed by atoms with E-state index in [1.165, 1.54) is 0 Å². The monoisotopic (exact) mass is 291 g/mol. The number of carboxylic acids is 1. The maximum atomic E-state index is 11.4. The van der Waals surface area contributed by atoms with Crippen LogP contribution >= 0.6 is 0 Å². The Labute approximate surface area is 124 Å². The Balaban J connectivity index is 1.89. The highest BCUT2D eigenvalue weighted by molar-refractivity contribution is 5.79. The van der Waals surface area contributed by atoms with Gasteiger partial charge in [0.25, 0.3) is 0 Å². The van der Waals surface area contributed by atoms with E-state index in [1.54, 1.807) is 13.2 Å². The van der Waals surface area contributed by atoms with Crippen LogP contribution in [-0.4, -0.2) is 36.4 Å². The van der Waals surface area contributed by atoms with Crippen LogP contribution in [0.5, 0.6) is 5.75 Å². The van der Waals surface area contributed by atoms with E-state index in [-0.39, 0.29) is 6.10 Å². The highest BCUT2D eigenvalue weighted by atomic mass is 16.5. The summed E-state index contributed by atoms with van der Waals surface area (Å²) in [5.74, 6) is -0.0462. The SMILES string of the molecule is C=CC[C@]1(C(=O)O)C[C@@H](OCc2ccc(OC)cc2)CN1. The van der Waals surface area contributed by atoms with Crippen LogP contribution in [0.1, 0.15) is 18.4 Å². The van der Waals surface area contributed by atoms with E-state index in [1.807, 2.05) is 24.3 Å². The molecule has 1 aliphatic rings. The van der Waals surface area contributed by atoms with E-state index >= 15 is 0 Å². The topological polar surface area (TPSA) is 67.8 Å². The second-order valence-electron chi connectivity index (χ2n) is 5.25. The first-order valence-corrected chi connectivity index (χ1v) is 6.93. The van der Waals surface area contributed by atoms with Crippen molar-refractivity contribution in [3.05, 3.63) is 42.5 Å². The van der Waals surface area contributed by atoms with Crippen LogP contribution in [0.2, 0.25) is 0 Å². The Hall–Kier alpha value is -1.85. The summed E-state index contributed by atoms with van der Waals surface area (Å²) in [7, 11) is 1.63. The molecular formula is C16H21NO4. The fourth-order valence-corrected chi connectivity index (χ4v) is 2.55. The molecule has 1 aromatic carbocycles. The number of hydrogen-bond acceptors (Lipinski definition) is 4. The van der Waals surface area contributed by atoms with E-state index in [9.17, 15) is 9.90 Å². The minimum absolute atomic E-state index is 0.108. The van der Waals surface area contributed by atoms with Crippen molar-refractivity contribution in [2.45, 2.75) is 31.1 Å². The molecule has 0 aliphatic carbocycles. The number of aliphatic carboxylic acids is 1. The van der Waals surface area contributed by atoms with Crippen LogP contribution in [0.25, 0.3) is 0 Å². The third kappa shape index (κ3) is 3.62. The van der Waals surface area contributed by atoms with Crippen molar-refractivity contribution < 1.29 is 19.4 Å². The predicted molar refractivity (Wildman–Crippen MR) is 79.4 cm³/mol. The summed E-state index contributed by atoms with van der Waals surface area (Å²) in [6, 6.07) is 7.64. The Kier molecular flexibility index (Phi) is 4.98. The first kappa shape index (κ1) is 15.5. The van der Waals surface area contributed by atoms with Gasteiger partial charge in [0.05, 0.1) is 19.8 Å². The van der Waals surface area contributed by atoms with E-state index in [4.69, 9.17) is 9.47 Å². The summed E-state index contributed by atoms with van der Waals surface area (Å²) >= 11 is 0. The second kappa shape index (κ2) is 6.74. The molecule has 0 radical (unpaired) electrons. The minimum atomic E-state index is -0.938. The van der Waals surface area contributed by atoms with Gasteiger partial charge in [-0.15, -0.1) is 6.58 Å². The Morgan fingerprint density at radius 3 is 2.81 bits per heavy atom. The molecule has 0 aromatic heterocycles. The third-order valence-electron chi connectivity index (χ3n) is 3.79. The summed E-state index contributed by atoms with van der Waals surface area (Å²) in [4.78, 5) is 11.4. The van der Waals surface area contributed by atoms with Crippen molar-refractivity contribution in [2.24, 2.45) is 0 Å². The van der Waals surface area contributed by atoms with Crippen molar-refractivity contribution in [2.75, 3.05) is 13.7 Å². The van der Waals surface area contributed by atoms with Gasteiger partial charge < -0.3 is 14.6 Å². The average Bonchev–Trinajstić information content (AvgIpc) is 2.91. The molecule has 114 valence electrons. The molecule has 5 nitrogen and oxygen atoms in total. The van der Waals surface area contributed by atoms with Gasteiger partial charge in [-0.3, -0.25) is 10.1 Å². The molecule has 2 N–H and O–H groups in total. The van der Waals surface area contributed by atoms with Gasteiger partial charge in [-0.1, -0.05) is 18.2 Å². The zero-order valence-corrected chi connectivity index (χ0v) is 12.2. The minimum Gasteiger partial charge on any atom is -0.497 e. The largest absolute Gasteiger partial charge is 0.497 e. The molecule has 0 bridgehead atoms. The van der Waals surface area contributed by atoms with Gasteiger partial charge in [0.2, 0.25) is 0 Å². The summed E-state index contributed by atoms with van der Waals surface area (Å²) in [5.41, 5.74) is 0.0964. The number of rotatable bonds is 7. The highest BCUT2D eigenvalue weighted by Gasteiger charge is 2.44. The lowest BCUT2D eigenvalue weighted by atomic mass is 9.93. The lowest BCUT2D eigenvalue weighted by molar-refractivity contribution is -0.144. The molecule has 0 unspecified atom stereocenters. The van der Waals surface area contributed by atoms with Crippen molar-refractivity contribution in [1.29, 1.82) is 0 Å². The van der Waals surface area contributed by atoms with Crippen LogP contribution in [0.3, 0.4) is 0 Å². The van der Waals surface area contributed by atoms with Crippen LogP contribution in [-0.2, 0) is 16.1 Å². The van der Waals surface area contributed by atoms with Crippen LogP contribution in [0, 0.1) is 0 Å². The van der Waals surface area contributed by atoms with Gasteiger partial charge in [-0.25, -0.2) is 0 Å². The maximum absolute atomic E-state index is 11.4. The van der Waals surface area contributed by atoms with Crippen LogP contribution in [0.4, 0.5) is 0 Å². The molecule has 2 rings (SSSR count). The summed E-state index contributed by atoms with van der Waals surface area (Å²) in [6.45, 7) is 4.63. The first-order valence-electron chi connectivity index (χ1n) is 6.93. The number of benzene rings is 1. The molecule has 21 heavy (non-hydrogen) atoms. The summed E-state index contributed by atoms with van der Waals surface area (Å²) in [5, 5.41) is 12.4. The van der Waals surface area contributed by atoms with Gasteiger partial charge >= 0.3 is 5.97 Å². The number of ether oxygens (including phenoxy) is 2. The normalized spacial score (nSPS) is 24.7. The average molecular weight is 291 g/mol. The Bertz CT molecular complexity index is 500. The van der Waals surface area contributed by atoms with Crippen molar-refractivity contribution in [3.63, 3.8) is 0 Å². The molecule has 0 amide bonds.